The summed E-state index contributed by atoms with van der Waals surface area (Å²) in [5.41, 5.74) is 3.42. The summed E-state index contributed by atoms with van der Waals surface area (Å²) < 4.78 is 3.61. The fourth-order valence-corrected chi connectivity index (χ4v) is 2.47. The maximum atomic E-state index is 12.5. The third kappa shape index (κ3) is 2.58. The third-order valence-corrected chi connectivity index (χ3v) is 3.60. The Hall–Kier alpha value is -2.67. The molecule has 114 valence electrons. The Balaban J connectivity index is 1.81. The molecule has 3 rings (SSSR count). The highest BCUT2D eigenvalue weighted by Gasteiger charge is 2.20. The number of amides is 1. The number of fused-ring (bicyclic) bond motifs is 1. The summed E-state index contributed by atoms with van der Waals surface area (Å²) in [5, 5.41) is 10.0. The number of hydrogen-bond donors (Lipinski definition) is 2. The average Bonchev–Trinajstić information content (AvgIpc) is 3.07. The number of nitrogens with zero attached hydrogens (tertiary/aromatic N) is 4. The van der Waals surface area contributed by atoms with Gasteiger partial charge < -0.3 is 15.2 Å². The van der Waals surface area contributed by atoms with Crippen molar-refractivity contribution >= 4 is 22.6 Å². The fourth-order valence-electron chi connectivity index (χ4n) is 2.47. The van der Waals surface area contributed by atoms with Gasteiger partial charge in [0.25, 0.3) is 0 Å². The van der Waals surface area contributed by atoms with Crippen LogP contribution in [0.2, 0.25) is 0 Å². The highest BCUT2D eigenvalue weighted by molar-refractivity contribution is 5.97. The molecule has 0 radical (unpaired) electrons. The summed E-state index contributed by atoms with van der Waals surface area (Å²) >= 11 is 0. The Kier molecular flexibility index (Phi) is 3.64. The van der Waals surface area contributed by atoms with Crippen molar-refractivity contribution in [3.05, 3.63) is 42.5 Å². The molecule has 0 bridgehead atoms. The Bertz CT molecular complexity index is 818. The van der Waals surface area contributed by atoms with Gasteiger partial charge in [-0.15, -0.1) is 0 Å². The second kappa shape index (κ2) is 5.61. The SMILES string of the molecule is CNC(C(=O)Nc1ccc2c(c1)ncn2C)c1cnn(C)c1. The molecule has 1 unspecified atom stereocenters. The Morgan fingerprint density at radius 3 is 2.82 bits per heavy atom. The molecule has 2 aromatic heterocycles. The first kappa shape index (κ1) is 14.3. The Morgan fingerprint density at radius 2 is 2.14 bits per heavy atom. The quantitative estimate of drug-likeness (QED) is 0.759. The van der Waals surface area contributed by atoms with Crippen LogP contribution in [0.5, 0.6) is 0 Å². The number of anilines is 1. The smallest absolute Gasteiger partial charge is 0.246 e. The average molecular weight is 298 g/mol. The lowest BCUT2D eigenvalue weighted by Gasteiger charge is -2.14. The predicted octanol–water partition coefficient (Wildman–Crippen LogP) is 1.21. The summed E-state index contributed by atoms with van der Waals surface area (Å²) in [5.74, 6) is -0.134. The first-order chi connectivity index (χ1) is 10.6. The number of aromatic nitrogens is 4. The van der Waals surface area contributed by atoms with Gasteiger partial charge in [-0.05, 0) is 25.2 Å². The minimum Gasteiger partial charge on any atom is -0.334 e. The van der Waals surface area contributed by atoms with Gasteiger partial charge in [0.2, 0.25) is 5.91 Å². The summed E-state index contributed by atoms with van der Waals surface area (Å²) in [6.07, 6.45) is 5.26. The molecule has 22 heavy (non-hydrogen) atoms. The molecule has 1 amide bonds. The number of nitrogens with one attached hydrogen (secondary N) is 2. The molecule has 1 aromatic carbocycles. The number of carbonyl (C=O) groups is 1. The van der Waals surface area contributed by atoms with Crippen molar-refractivity contribution in [1.29, 1.82) is 0 Å². The largest absolute Gasteiger partial charge is 0.334 e. The molecule has 0 saturated heterocycles. The predicted molar refractivity (Wildman–Crippen MR) is 84.4 cm³/mol. The molecule has 0 aliphatic rings. The monoisotopic (exact) mass is 298 g/mol. The van der Waals surface area contributed by atoms with E-state index in [1.165, 1.54) is 0 Å². The molecule has 2 N–H and O–H groups in total. The van der Waals surface area contributed by atoms with E-state index in [0.717, 1.165) is 22.3 Å². The summed E-state index contributed by atoms with van der Waals surface area (Å²) in [6, 6.07) is 5.23. The number of likely N-dealkylation sites (N-methyl/N-ethyl adjacent to an activating group) is 1. The van der Waals surface area contributed by atoms with Crippen molar-refractivity contribution in [3.8, 4) is 0 Å². The zero-order valence-electron chi connectivity index (χ0n) is 12.7. The van der Waals surface area contributed by atoms with E-state index in [1.54, 1.807) is 24.3 Å². The van der Waals surface area contributed by atoms with Gasteiger partial charge in [-0.3, -0.25) is 9.48 Å². The van der Waals surface area contributed by atoms with Crippen LogP contribution in [-0.2, 0) is 18.9 Å². The van der Waals surface area contributed by atoms with Crippen LogP contribution in [0.1, 0.15) is 11.6 Å². The van der Waals surface area contributed by atoms with Crippen molar-refractivity contribution < 1.29 is 4.79 Å². The van der Waals surface area contributed by atoms with Crippen LogP contribution >= 0.6 is 0 Å². The molecule has 1 atom stereocenters. The van der Waals surface area contributed by atoms with Crippen molar-refractivity contribution in [2.24, 2.45) is 14.1 Å². The van der Waals surface area contributed by atoms with Crippen LogP contribution in [0.25, 0.3) is 11.0 Å². The summed E-state index contributed by atoms with van der Waals surface area (Å²) in [4.78, 5) is 16.8. The molecule has 7 heteroatoms. The van der Waals surface area contributed by atoms with E-state index >= 15 is 0 Å². The van der Waals surface area contributed by atoms with Crippen LogP contribution in [0.3, 0.4) is 0 Å². The van der Waals surface area contributed by atoms with Crippen LogP contribution in [0, 0.1) is 0 Å². The van der Waals surface area contributed by atoms with E-state index < -0.39 is 6.04 Å². The van der Waals surface area contributed by atoms with Crippen LogP contribution in [0.15, 0.2) is 36.9 Å². The van der Waals surface area contributed by atoms with E-state index in [2.05, 4.69) is 20.7 Å². The van der Waals surface area contributed by atoms with Gasteiger partial charge in [0.05, 0.1) is 23.6 Å². The van der Waals surface area contributed by atoms with Gasteiger partial charge in [0, 0.05) is 31.5 Å². The molecule has 0 fully saturated rings. The lowest BCUT2D eigenvalue weighted by atomic mass is 10.1. The van der Waals surface area contributed by atoms with Crippen molar-refractivity contribution in [2.45, 2.75) is 6.04 Å². The van der Waals surface area contributed by atoms with Gasteiger partial charge in [-0.2, -0.15) is 5.10 Å². The highest BCUT2D eigenvalue weighted by Crippen LogP contribution is 2.19. The van der Waals surface area contributed by atoms with E-state index in [1.807, 2.05) is 43.1 Å². The maximum absolute atomic E-state index is 12.5. The minimum atomic E-state index is -0.451. The zero-order chi connectivity index (χ0) is 15.7. The van der Waals surface area contributed by atoms with Crippen LogP contribution < -0.4 is 10.6 Å². The fraction of sp³-hybridized carbons (Fsp3) is 0.267. The minimum absolute atomic E-state index is 0.134. The first-order valence-corrected chi connectivity index (χ1v) is 6.96. The topological polar surface area (TPSA) is 76.8 Å². The summed E-state index contributed by atoms with van der Waals surface area (Å²) in [6.45, 7) is 0. The van der Waals surface area contributed by atoms with E-state index in [9.17, 15) is 4.79 Å². The normalized spacial score (nSPS) is 12.5. The molecule has 0 spiro atoms. The second-order valence-electron chi connectivity index (χ2n) is 5.22. The number of aryl methyl sites for hydroxylation is 2. The number of rotatable bonds is 4. The number of carbonyl (C=O) groups excluding carboxylic acids is 1. The number of imidazole rings is 1. The molecule has 3 aromatic rings. The Labute approximate surface area is 128 Å². The van der Waals surface area contributed by atoms with Crippen LogP contribution in [-0.4, -0.2) is 32.3 Å². The second-order valence-corrected chi connectivity index (χ2v) is 5.22. The van der Waals surface area contributed by atoms with E-state index in [4.69, 9.17) is 0 Å². The molecule has 0 saturated carbocycles. The molecular formula is C15H18N6O. The molecule has 0 aliphatic heterocycles. The molecule has 7 nitrogen and oxygen atoms in total. The van der Waals surface area contributed by atoms with Crippen molar-refractivity contribution in [1.82, 2.24) is 24.6 Å². The standard InChI is InChI=1S/C15H18N6O/c1-16-14(10-7-18-21(3)8-10)15(22)19-11-4-5-13-12(6-11)17-9-20(13)2/h4-9,14,16H,1-3H3,(H,19,22). The zero-order valence-corrected chi connectivity index (χ0v) is 12.7. The van der Waals surface area contributed by atoms with Gasteiger partial charge in [-0.25, -0.2) is 4.98 Å². The first-order valence-electron chi connectivity index (χ1n) is 6.96. The lowest BCUT2D eigenvalue weighted by molar-refractivity contribution is -0.118. The lowest BCUT2D eigenvalue weighted by Crippen LogP contribution is -2.30. The molecular weight excluding hydrogens is 280 g/mol. The van der Waals surface area contributed by atoms with Gasteiger partial charge >= 0.3 is 0 Å². The maximum Gasteiger partial charge on any atom is 0.246 e. The molecule has 0 aliphatic carbocycles. The van der Waals surface area contributed by atoms with Crippen molar-refractivity contribution in [2.75, 3.05) is 12.4 Å². The van der Waals surface area contributed by atoms with Gasteiger partial charge in [-0.1, -0.05) is 0 Å². The highest BCUT2D eigenvalue weighted by atomic mass is 16.2. The third-order valence-electron chi connectivity index (χ3n) is 3.60. The van der Waals surface area contributed by atoms with Gasteiger partial charge in [0.15, 0.2) is 0 Å². The van der Waals surface area contributed by atoms with E-state index in [0.29, 0.717) is 0 Å². The number of benzene rings is 1. The molecule has 2 heterocycles. The van der Waals surface area contributed by atoms with Crippen molar-refractivity contribution in [3.63, 3.8) is 0 Å². The Morgan fingerprint density at radius 1 is 1.32 bits per heavy atom. The summed E-state index contributed by atoms with van der Waals surface area (Å²) in [7, 11) is 5.51. The van der Waals surface area contributed by atoms with E-state index in [-0.39, 0.29) is 5.91 Å². The van der Waals surface area contributed by atoms with Gasteiger partial charge in [0.1, 0.15) is 6.04 Å². The van der Waals surface area contributed by atoms with Crippen LogP contribution in [0.4, 0.5) is 5.69 Å². The number of hydrogen-bond acceptors (Lipinski definition) is 4.